The van der Waals surface area contributed by atoms with E-state index in [4.69, 9.17) is 16.3 Å². The lowest BCUT2D eigenvalue weighted by molar-refractivity contribution is -0.105. The summed E-state index contributed by atoms with van der Waals surface area (Å²) >= 11 is 7.53. The highest BCUT2D eigenvalue weighted by molar-refractivity contribution is 7.14. The molecular weight excluding hydrogens is 272 g/mol. The molecule has 0 saturated carbocycles. The Kier molecular flexibility index (Phi) is 4.19. The third kappa shape index (κ3) is 2.65. The summed E-state index contributed by atoms with van der Waals surface area (Å²) in [6.45, 7) is 0. The number of ether oxygens (including phenoxy) is 1. The normalized spacial score (nSPS) is 15.7. The van der Waals surface area contributed by atoms with Crippen LogP contribution in [0.25, 0.3) is 0 Å². The van der Waals surface area contributed by atoms with Gasteiger partial charge in [0, 0.05) is 21.9 Å². The van der Waals surface area contributed by atoms with Gasteiger partial charge in [0.05, 0.1) is 7.11 Å². The molecule has 1 aromatic rings. The van der Waals surface area contributed by atoms with Gasteiger partial charge in [-0.3, -0.25) is 4.79 Å². The predicted octanol–water partition coefficient (Wildman–Crippen LogP) is 3.11. The Morgan fingerprint density at radius 3 is 2.94 bits per heavy atom. The van der Waals surface area contributed by atoms with E-state index in [9.17, 15) is 9.59 Å². The standard InChI is InChI=1S/C13H13ClO3S/c1-17-13(16)12-6-8-5-9(7-15)10(14)3-2-4-11(8)18-12/h6-7H,2-5H2,1H3. The van der Waals surface area contributed by atoms with Gasteiger partial charge in [-0.1, -0.05) is 11.6 Å². The van der Waals surface area contributed by atoms with Crippen LogP contribution in [0.4, 0.5) is 0 Å². The Hall–Kier alpha value is -1.13. The zero-order valence-electron chi connectivity index (χ0n) is 9.99. The largest absolute Gasteiger partial charge is 0.465 e. The third-order valence-electron chi connectivity index (χ3n) is 2.95. The Labute approximate surface area is 114 Å². The first-order valence-electron chi connectivity index (χ1n) is 5.68. The van der Waals surface area contributed by atoms with Crippen LogP contribution in [-0.2, 0) is 22.4 Å². The van der Waals surface area contributed by atoms with Crippen LogP contribution < -0.4 is 0 Å². The summed E-state index contributed by atoms with van der Waals surface area (Å²) < 4.78 is 4.71. The first-order chi connectivity index (χ1) is 8.65. The van der Waals surface area contributed by atoms with Crippen molar-refractivity contribution in [2.75, 3.05) is 7.11 Å². The fraction of sp³-hybridized carbons (Fsp3) is 0.385. The number of aldehydes is 1. The van der Waals surface area contributed by atoms with E-state index in [2.05, 4.69) is 0 Å². The Morgan fingerprint density at radius 1 is 1.50 bits per heavy atom. The number of hydrogen-bond acceptors (Lipinski definition) is 4. The quantitative estimate of drug-likeness (QED) is 0.619. The minimum atomic E-state index is -0.325. The minimum Gasteiger partial charge on any atom is -0.465 e. The molecule has 3 nitrogen and oxygen atoms in total. The van der Waals surface area contributed by atoms with Crippen molar-refractivity contribution in [3.8, 4) is 0 Å². The highest BCUT2D eigenvalue weighted by atomic mass is 35.5. The van der Waals surface area contributed by atoms with Crippen LogP contribution in [0.2, 0.25) is 0 Å². The number of aryl methyl sites for hydroxylation is 1. The van der Waals surface area contributed by atoms with Crippen LogP contribution in [0.3, 0.4) is 0 Å². The number of methoxy groups -OCH3 is 1. The number of fused-ring (bicyclic) bond motifs is 1. The molecule has 0 amide bonds. The maximum atomic E-state index is 11.5. The van der Waals surface area contributed by atoms with E-state index >= 15 is 0 Å². The lowest BCUT2D eigenvalue weighted by atomic mass is 9.99. The number of esters is 1. The second kappa shape index (κ2) is 5.67. The van der Waals surface area contributed by atoms with Gasteiger partial charge >= 0.3 is 5.97 Å². The molecule has 1 aromatic heterocycles. The van der Waals surface area contributed by atoms with E-state index in [0.717, 1.165) is 36.0 Å². The molecule has 96 valence electrons. The van der Waals surface area contributed by atoms with Crippen molar-refractivity contribution in [3.63, 3.8) is 0 Å². The zero-order chi connectivity index (χ0) is 13.1. The molecule has 1 aliphatic carbocycles. The van der Waals surface area contributed by atoms with Gasteiger partial charge in [-0.05, 0) is 30.9 Å². The lowest BCUT2D eigenvalue weighted by Gasteiger charge is -2.10. The number of carbonyl (C=O) groups is 2. The van der Waals surface area contributed by atoms with E-state index in [1.54, 1.807) is 0 Å². The van der Waals surface area contributed by atoms with Crippen LogP contribution in [0.1, 0.15) is 33.0 Å². The molecule has 1 heterocycles. The summed E-state index contributed by atoms with van der Waals surface area (Å²) in [5.41, 5.74) is 1.63. The Balaban J connectivity index is 2.37. The first kappa shape index (κ1) is 13.3. The lowest BCUT2D eigenvalue weighted by Crippen LogP contribution is -2.01. The van der Waals surface area contributed by atoms with E-state index < -0.39 is 0 Å². The average Bonchev–Trinajstić information content (AvgIpc) is 2.75. The van der Waals surface area contributed by atoms with Gasteiger partial charge < -0.3 is 4.74 Å². The van der Waals surface area contributed by atoms with E-state index in [1.807, 2.05) is 6.07 Å². The van der Waals surface area contributed by atoms with Crippen molar-refractivity contribution >= 4 is 35.2 Å². The summed E-state index contributed by atoms with van der Waals surface area (Å²) in [6.07, 6.45) is 3.82. The molecule has 0 aromatic carbocycles. The molecule has 18 heavy (non-hydrogen) atoms. The number of thiophene rings is 1. The van der Waals surface area contributed by atoms with Crippen molar-refractivity contribution < 1.29 is 14.3 Å². The van der Waals surface area contributed by atoms with E-state index in [1.165, 1.54) is 18.4 Å². The van der Waals surface area contributed by atoms with Gasteiger partial charge in [-0.15, -0.1) is 11.3 Å². The van der Waals surface area contributed by atoms with E-state index in [-0.39, 0.29) is 5.97 Å². The molecule has 0 N–H and O–H groups in total. The van der Waals surface area contributed by atoms with Crippen molar-refractivity contribution in [2.24, 2.45) is 0 Å². The van der Waals surface area contributed by atoms with Crippen molar-refractivity contribution in [1.82, 2.24) is 0 Å². The third-order valence-corrected chi connectivity index (χ3v) is 4.60. The minimum absolute atomic E-state index is 0.325. The number of halogens is 1. The molecule has 0 radical (unpaired) electrons. The van der Waals surface area contributed by atoms with Gasteiger partial charge in [0.2, 0.25) is 0 Å². The molecule has 0 bridgehead atoms. The summed E-state index contributed by atoms with van der Waals surface area (Å²) in [4.78, 5) is 24.3. The monoisotopic (exact) mass is 284 g/mol. The maximum Gasteiger partial charge on any atom is 0.348 e. The molecule has 0 fully saturated rings. The summed E-state index contributed by atoms with van der Waals surface area (Å²) in [5.74, 6) is -0.325. The molecule has 0 atom stereocenters. The van der Waals surface area contributed by atoms with Gasteiger partial charge in [-0.2, -0.15) is 0 Å². The topological polar surface area (TPSA) is 43.4 Å². The number of hydrogen-bond donors (Lipinski definition) is 0. The maximum absolute atomic E-state index is 11.5. The summed E-state index contributed by atoms with van der Waals surface area (Å²) in [6, 6.07) is 1.81. The number of allylic oxidation sites excluding steroid dienone is 2. The van der Waals surface area contributed by atoms with Crippen molar-refractivity contribution in [2.45, 2.75) is 25.7 Å². The van der Waals surface area contributed by atoms with Gasteiger partial charge in [0.15, 0.2) is 0 Å². The molecule has 2 rings (SSSR count). The molecule has 0 saturated heterocycles. The SMILES string of the molecule is COC(=O)c1cc2c(s1)CCCC(Cl)=C(C=O)C2. The predicted molar refractivity (Wildman–Crippen MR) is 71.2 cm³/mol. The average molecular weight is 285 g/mol. The van der Waals surface area contributed by atoms with Crippen LogP contribution in [-0.4, -0.2) is 19.4 Å². The smallest absolute Gasteiger partial charge is 0.348 e. The van der Waals surface area contributed by atoms with Gasteiger partial charge in [0.1, 0.15) is 11.2 Å². The fourth-order valence-electron chi connectivity index (χ4n) is 2.00. The Morgan fingerprint density at radius 2 is 2.28 bits per heavy atom. The molecule has 0 spiro atoms. The molecule has 0 aliphatic heterocycles. The van der Waals surface area contributed by atoms with Crippen LogP contribution in [0.15, 0.2) is 16.7 Å². The fourth-order valence-corrected chi connectivity index (χ4v) is 3.39. The molecule has 0 unspecified atom stereocenters. The second-order valence-electron chi connectivity index (χ2n) is 4.13. The second-order valence-corrected chi connectivity index (χ2v) is 5.72. The van der Waals surface area contributed by atoms with Crippen LogP contribution in [0.5, 0.6) is 0 Å². The van der Waals surface area contributed by atoms with Crippen LogP contribution >= 0.6 is 22.9 Å². The van der Waals surface area contributed by atoms with Gasteiger partial charge in [-0.25, -0.2) is 4.79 Å². The molecular formula is C13H13ClO3S. The van der Waals surface area contributed by atoms with Crippen LogP contribution in [0, 0.1) is 0 Å². The highest BCUT2D eigenvalue weighted by Gasteiger charge is 2.18. The van der Waals surface area contributed by atoms with Gasteiger partial charge in [0.25, 0.3) is 0 Å². The first-order valence-corrected chi connectivity index (χ1v) is 6.87. The molecule has 5 heteroatoms. The van der Waals surface area contributed by atoms with E-state index in [0.29, 0.717) is 21.9 Å². The summed E-state index contributed by atoms with van der Waals surface area (Å²) in [7, 11) is 1.37. The van der Waals surface area contributed by atoms with Crippen molar-refractivity contribution in [3.05, 3.63) is 32.0 Å². The molecule has 1 aliphatic rings. The number of carbonyl (C=O) groups excluding carboxylic acids is 2. The van der Waals surface area contributed by atoms with Crippen molar-refractivity contribution in [1.29, 1.82) is 0 Å². The highest BCUT2D eigenvalue weighted by Crippen LogP contribution is 2.31. The summed E-state index contributed by atoms with van der Waals surface area (Å²) in [5, 5.41) is 0.640. The number of rotatable bonds is 2. The Bertz CT molecular complexity index is 516. The zero-order valence-corrected chi connectivity index (χ0v) is 11.6.